The summed E-state index contributed by atoms with van der Waals surface area (Å²) in [7, 11) is 0. The van der Waals surface area contributed by atoms with Crippen molar-refractivity contribution in [3.8, 4) is 0 Å². The molecule has 0 atom stereocenters. The van der Waals surface area contributed by atoms with Crippen LogP contribution in [0.15, 0.2) is 30.3 Å². The molecule has 158 valence electrons. The van der Waals surface area contributed by atoms with Gasteiger partial charge in [-0.1, -0.05) is 37.1 Å². The molecular weight excluding hydrogens is 376 g/mol. The summed E-state index contributed by atoms with van der Waals surface area (Å²) < 4.78 is 1.68. The number of aromatic nitrogens is 4. The number of amides is 1. The molecule has 1 N–H and O–H groups in total. The average molecular weight is 407 g/mol. The lowest BCUT2D eigenvalue weighted by molar-refractivity contribution is -0.120. The number of hydrogen-bond acceptors (Lipinski definition) is 5. The molecule has 0 radical (unpaired) electrons. The lowest BCUT2D eigenvalue weighted by atomic mass is 10.1. The number of carbonyl (C=O) groups excluding carboxylic acids is 1. The van der Waals surface area contributed by atoms with Crippen molar-refractivity contribution in [1.29, 1.82) is 0 Å². The Morgan fingerprint density at radius 3 is 2.60 bits per heavy atom. The Morgan fingerprint density at radius 1 is 1.03 bits per heavy atom. The van der Waals surface area contributed by atoms with Gasteiger partial charge >= 0.3 is 0 Å². The molecule has 1 amide bonds. The Morgan fingerprint density at radius 2 is 1.80 bits per heavy atom. The number of hydrogen-bond donors (Lipinski definition) is 1. The van der Waals surface area contributed by atoms with Crippen LogP contribution < -0.4 is 5.32 Å². The van der Waals surface area contributed by atoms with E-state index in [1.807, 2.05) is 19.9 Å². The number of likely N-dealkylation sites (tertiary alicyclic amines) is 1. The average Bonchev–Trinajstić information content (AvgIpc) is 2.93. The minimum Gasteiger partial charge on any atom is -0.352 e. The number of nitrogens with one attached hydrogen (secondary N) is 1. The van der Waals surface area contributed by atoms with E-state index in [0.717, 1.165) is 23.5 Å². The summed E-state index contributed by atoms with van der Waals surface area (Å²) in [6.45, 7) is 7.74. The van der Waals surface area contributed by atoms with E-state index in [0.29, 0.717) is 18.1 Å². The summed E-state index contributed by atoms with van der Waals surface area (Å²) in [4.78, 5) is 23.7. The molecule has 0 spiro atoms. The van der Waals surface area contributed by atoms with Crippen molar-refractivity contribution in [3.05, 3.63) is 58.7 Å². The van der Waals surface area contributed by atoms with Crippen LogP contribution in [0.1, 0.15) is 54.0 Å². The molecule has 2 aromatic heterocycles. The van der Waals surface area contributed by atoms with Gasteiger partial charge in [0.25, 0.3) is 5.78 Å². The van der Waals surface area contributed by atoms with E-state index in [-0.39, 0.29) is 12.3 Å². The van der Waals surface area contributed by atoms with Gasteiger partial charge in [-0.25, -0.2) is 9.50 Å². The summed E-state index contributed by atoms with van der Waals surface area (Å²) in [5.74, 6) is 0.943. The highest BCUT2D eigenvalue weighted by Crippen LogP contribution is 2.14. The van der Waals surface area contributed by atoms with E-state index in [1.54, 1.807) is 4.52 Å². The number of nitrogens with zero attached hydrogens (tertiary/aromatic N) is 5. The molecule has 3 aromatic rings. The summed E-state index contributed by atoms with van der Waals surface area (Å²) >= 11 is 0. The first-order valence-electron chi connectivity index (χ1n) is 10.8. The van der Waals surface area contributed by atoms with Gasteiger partial charge in [-0.05, 0) is 57.0 Å². The standard InChI is InChI=1S/C23H30N6O/c1-17-12-18(2)29-23(25-17)26-21(27-29)14-22(30)24-15-19-8-7-9-20(13-19)16-28-10-5-3-4-6-11-28/h7-9,12-13H,3-6,10-11,14-16H2,1-2H3,(H,24,30). The van der Waals surface area contributed by atoms with Gasteiger partial charge in [0.05, 0.1) is 6.42 Å². The maximum Gasteiger partial charge on any atom is 0.252 e. The van der Waals surface area contributed by atoms with Gasteiger partial charge in [0.15, 0.2) is 5.82 Å². The molecule has 1 fully saturated rings. The molecule has 4 rings (SSSR count). The fraction of sp³-hybridized carbons (Fsp3) is 0.478. The third kappa shape index (κ3) is 5.21. The van der Waals surface area contributed by atoms with Crippen LogP contribution in [0.5, 0.6) is 0 Å². The molecule has 0 unspecified atom stereocenters. The number of carbonyl (C=O) groups is 1. The zero-order valence-corrected chi connectivity index (χ0v) is 17.9. The zero-order chi connectivity index (χ0) is 20.9. The van der Waals surface area contributed by atoms with E-state index < -0.39 is 0 Å². The molecule has 30 heavy (non-hydrogen) atoms. The van der Waals surface area contributed by atoms with Gasteiger partial charge in [-0.3, -0.25) is 9.69 Å². The Bertz CT molecular complexity index is 1020. The second-order valence-electron chi connectivity index (χ2n) is 8.24. The van der Waals surface area contributed by atoms with Crippen LogP contribution in [0.4, 0.5) is 0 Å². The molecule has 7 nitrogen and oxygen atoms in total. The smallest absolute Gasteiger partial charge is 0.252 e. The van der Waals surface area contributed by atoms with Gasteiger partial charge < -0.3 is 5.32 Å². The second kappa shape index (κ2) is 9.34. The molecule has 1 aromatic carbocycles. The van der Waals surface area contributed by atoms with Gasteiger partial charge in [0, 0.05) is 24.5 Å². The lowest BCUT2D eigenvalue weighted by Gasteiger charge is -2.20. The normalized spacial score (nSPS) is 15.3. The van der Waals surface area contributed by atoms with E-state index in [4.69, 9.17) is 0 Å². The van der Waals surface area contributed by atoms with Crippen molar-refractivity contribution in [2.75, 3.05) is 13.1 Å². The predicted octanol–water partition coefficient (Wildman–Crippen LogP) is 2.98. The summed E-state index contributed by atoms with van der Waals surface area (Å²) in [5.41, 5.74) is 4.27. The largest absolute Gasteiger partial charge is 0.352 e. The molecule has 0 bridgehead atoms. The molecule has 7 heteroatoms. The summed E-state index contributed by atoms with van der Waals surface area (Å²) in [6, 6.07) is 10.5. The number of fused-ring (bicyclic) bond motifs is 1. The Labute approximate surface area is 177 Å². The van der Waals surface area contributed by atoms with Crippen LogP contribution in [0, 0.1) is 13.8 Å². The van der Waals surface area contributed by atoms with Crippen LogP contribution in [0.3, 0.4) is 0 Å². The summed E-state index contributed by atoms with van der Waals surface area (Å²) in [6.07, 6.45) is 5.43. The highest BCUT2D eigenvalue weighted by molar-refractivity contribution is 5.77. The first-order chi connectivity index (χ1) is 14.6. The van der Waals surface area contributed by atoms with E-state index >= 15 is 0 Å². The van der Waals surface area contributed by atoms with E-state index in [9.17, 15) is 4.79 Å². The zero-order valence-electron chi connectivity index (χ0n) is 17.9. The topological polar surface area (TPSA) is 75.4 Å². The van der Waals surface area contributed by atoms with Crippen molar-refractivity contribution in [3.63, 3.8) is 0 Å². The Kier molecular flexibility index (Phi) is 6.38. The number of benzene rings is 1. The van der Waals surface area contributed by atoms with Crippen LogP contribution in [0.2, 0.25) is 0 Å². The highest BCUT2D eigenvalue weighted by atomic mass is 16.1. The number of aryl methyl sites for hydroxylation is 2. The van der Waals surface area contributed by atoms with Crippen molar-refractivity contribution >= 4 is 11.7 Å². The van der Waals surface area contributed by atoms with Gasteiger partial charge in [-0.15, -0.1) is 5.10 Å². The molecule has 0 saturated carbocycles. The fourth-order valence-electron chi connectivity index (χ4n) is 4.08. The first kappa shape index (κ1) is 20.5. The molecule has 1 aliphatic rings. The number of rotatable bonds is 6. The molecule has 1 aliphatic heterocycles. The van der Waals surface area contributed by atoms with Gasteiger partial charge in [-0.2, -0.15) is 4.98 Å². The first-order valence-corrected chi connectivity index (χ1v) is 10.8. The molecule has 0 aliphatic carbocycles. The van der Waals surface area contributed by atoms with Gasteiger partial charge in [0.2, 0.25) is 5.91 Å². The van der Waals surface area contributed by atoms with Crippen molar-refractivity contribution < 1.29 is 4.79 Å². The van der Waals surface area contributed by atoms with Crippen LogP contribution in [-0.2, 0) is 24.3 Å². The van der Waals surface area contributed by atoms with Crippen molar-refractivity contribution in [1.82, 2.24) is 29.8 Å². The molecule has 3 heterocycles. The third-order valence-corrected chi connectivity index (χ3v) is 5.57. The van der Waals surface area contributed by atoms with Crippen LogP contribution in [-0.4, -0.2) is 43.5 Å². The molecular formula is C23H30N6O. The van der Waals surface area contributed by atoms with Gasteiger partial charge in [0.1, 0.15) is 0 Å². The maximum atomic E-state index is 12.4. The highest BCUT2D eigenvalue weighted by Gasteiger charge is 2.12. The second-order valence-corrected chi connectivity index (χ2v) is 8.24. The lowest BCUT2D eigenvalue weighted by Crippen LogP contribution is -2.26. The summed E-state index contributed by atoms with van der Waals surface area (Å²) in [5, 5.41) is 7.41. The maximum absolute atomic E-state index is 12.4. The minimum atomic E-state index is -0.0850. The SMILES string of the molecule is Cc1cc(C)n2nc(CC(=O)NCc3cccc(CN4CCCCCC4)c3)nc2n1. The quantitative estimate of drug-likeness (QED) is 0.681. The Balaban J connectivity index is 1.33. The predicted molar refractivity (Wildman–Crippen MR) is 116 cm³/mol. The van der Waals surface area contributed by atoms with Crippen molar-refractivity contribution in [2.45, 2.75) is 59.0 Å². The molecule has 1 saturated heterocycles. The van der Waals surface area contributed by atoms with E-state index in [2.05, 4.69) is 49.5 Å². The third-order valence-electron chi connectivity index (χ3n) is 5.57. The Hall–Kier alpha value is -2.80. The minimum absolute atomic E-state index is 0.0850. The van der Waals surface area contributed by atoms with E-state index in [1.165, 1.54) is 44.3 Å². The monoisotopic (exact) mass is 406 g/mol. The fourth-order valence-corrected chi connectivity index (χ4v) is 4.08. The van der Waals surface area contributed by atoms with Crippen LogP contribution >= 0.6 is 0 Å². The van der Waals surface area contributed by atoms with Crippen LogP contribution in [0.25, 0.3) is 5.78 Å². The van der Waals surface area contributed by atoms with Crippen molar-refractivity contribution in [2.24, 2.45) is 0 Å².